The molecule has 33 heavy (non-hydrogen) atoms. The Morgan fingerprint density at radius 3 is 2.42 bits per heavy atom. The number of amides is 1. The minimum atomic E-state index is -3.97. The van der Waals surface area contributed by atoms with Gasteiger partial charge in [-0.15, -0.1) is 0 Å². The zero-order valence-corrected chi connectivity index (χ0v) is 20.6. The van der Waals surface area contributed by atoms with Crippen LogP contribution < -0.4 is 14.5 Å². The maximum atomic E-state index is 13.3. The van der Waals surface area contributed by atoms with E-state index in [1.165, 1.54) is 25.5 Å². The van der Waals surface area contributed by atoms with Crippen LogP contribution in [-0.2, 0) is 21.2 Å². The topological polar surface area (TPSA) is 88.1 Å². The second-order valence-corrected chi connectivity index (χ2v) is 9.80. The van der Waals surface area contributed by atoms with Crippen LogP contribution in [-0.4, -0.2) is 34.2 Å². The Morgan fingerprint density at radius 1 is 1.09 bits per heavy atom. The lowest BCUT2D eigenvalue weighted by molar-refractivity contribution is -0.119. The maximum Gasteiger partial charge on any atom is 0.264 e. The monoisotopic (exact) mass is 529 g/mol. The molecular formula is C24H24BrN3O4S. The number of anilines is 1. The Bertz CT molecular complexity index is 1230. The van der Waals surface area contributed by atoms with E-state index in [-0.39, 0.29) is 4.90 Å². The standard InChI is InChI=1S/C24H24BrN3O4S/c1-3-18-9-12-21(13-10-18)28(33(30,31)22-7-5-4-6-8-22)17-24(29)27-26-16-19-15-20(25)11-14-23(19)32-2/h4-16H,3,17H2,1-2H3,(H,27,29)/b26-16-. The summed E-state index contributed by atoms with van der Waals surface area (Å²) in [6.45, 7) is 1.58. The van der Waals surface area contributed by atoms with Crippen molar-refractivity contribution in [2.24, 2.45) is 5.10 Å². The van der Waals surface area contributed by atoms with E-state index in [4.69, 9.17) is 4.74 Å². The summed E-state index contributed by atoms with van der Waals surface area (Å²) in [4.78, 5) is 12.8. The molecule has 0 saturated heterocycles. The first-order valence-electron chi connectivity index (χ1n) is 10.2. The van der Waals surface area contributed by atoms with Gasteiger partial charge in [-0.05, 0) is 54.4 Å². The van der Waals surface area contributed by atoms with Crippen LogP contribution >= 0.6 is 15.9 Å². The van der Waals surface area contributed by atoms with E-state index in [0.29, 0.717) is 17.0 Å². The van der Waals surface area contributed by atoms with Crippen molar-refractivity contribution < 1.29 is 17.9 Å². The van der Waals surface area contributed by atoms with Crippen LogP contribution in [0.15, 0.2) is 87.3 Å². The third kappa shape index (κ3) is 6.21. The van der Waals surface area contributed by atoms with Crippen molar-refractivity contribution >= 4 is 43.8 Å². The Balaban J connectivity index is 1.84. The fourth-order valence-corrected chi connectivity index (χ4v) is 4.90. The molecule has 0 aromatic heterocycles. The SMILES string of the molecule is CCc1ccc(N(CC(=O)N/N=C\c2cc(Br)ccc2OC)S(=O)(=O)c2ccccc2)cc1. The number of ether oxygens (including phenoxy) is 1. The van der Waals surface area contributed by atoms with Crippen LogP contribution in [0.2, 0.25) is 0 Å². The normalized spacial score (nSPS) is 11.4. The third-order valence-corrected chi connectivity index (χ3v) is 7.12. The zero-order chi connectivity index (χ0) is 23.8. The van der Waals surface area contributed by atoms with Crippen LogP contribution in [0.25, 0.3) is 0 Å². The highest BCUT2D eigenvalue weighted by Crippen LogP contribution is 2.24. The molecule has 1 amide bonds. The van der Waals surface area contributed by atoms with Crippen molar-refractivity contribution in [2.45, 2.75) is 18.2 Å². The second-order valence-electron chi connectivity index (χ2n) is 7.02. The van der Waals surface area contributed by atoms with Crippen LogP contribution in [0.5, 0.6) is 5.75 Å². The van der Waals surface area contributed by atoms with Crippen molar-refractivity contribution in [1.29, 1.82) is 0 Å². The molecular weight excluding hydrogens is 506 g/mol. The van der Waals surface area contributed by atoms with Crippen molar-refractivity contribution in [3.8, 4) is 5.75 Å². The summed E-state index contributed by atoms with van der Waals surface area (Å²) in [6, 6.07) is 20.5. The number of hydrazone groups is 1. The van der Waals surface area contributed by atoms with Gasteiger partial charge in [0.2, 0.25) is 0 Å². The quantitative estimate of drug-likeness (QED) is 0.329. The van der Waals surface area contributed by atoms with E-state index >= 15 is 0 Å². The number of halogens is 1. The molecule has 172 valence electrons. The number of nitrogens with zero attached hydrogens (tertiary/aromatic N) is 2. The smallest absolute Gasteiger partial charge is 0.264 e. The zero-order valence-electron chi connectivity index (χ0n) is 18.2. The number of nitrogens with one attached hydrogen (secondary N) is 1. The second kappa shape index (κ2) is 11.1. The molecule has 0 bridgehead atoms. The minimum Gasteiger partial charge on any atom is -0.496 e. The van der Waals surface area contributed by atoms with E-state index in [1.807, 2.05) is 25.1 Å². The van der Waals surface area contributed by atoms with Crippen LogP contribution in [0.1, 0.15) is 18.1 Å². The predicted octanol–water partition coefficient (Wildman–Crippen LogP) is 4.37. The minimum absolute atomic E-state index is 0.0970. The molecule has 3 aromatic carbocycles. The molecule has 0 aliphatic heterocycles. The highest BCUT2D eigenvalue weighted by molar-refractivity contribution is 9.10. The summed E-state index contributed by atoms with van der Waals surface area (Å²) >= 11 is 3.38. The largest absolute Gasteiger partial charge is 0.496 e. The molecule has 0 atom stereocenters. The Labute approximate surface area is 202 Å². The molecule has 3 rings (SSSR count). The molecule has 0 aliphatic carbocycles. The van der Waals surface area contributed by atoms with Gasteiger partial charge in [-0.25, -0.2) is 13.8 Å². The first-order chi connectivity index (χ1) is 15.8. The molecule has 3 aromatic rings. The van der Waals surface area contributed by atoms with Crippen LogP contribution in [0.3, 0.4) is 0 Å². The molecule has 0 radical (unpaired) electrons. The van der Waals surface area contributed by atoms with Gasteiger partial charge in [-0.1, -0.05) is 53.2 Å². The number of carbonyl (C=O) groups excluding carboxylic acids is 1. The van der Waals surface area contributed by atoms with Gasteiger partial charge in [-0.3, -0.25) is 9.10 Å². The van der Waals surface area contributed by atoms with Gasteiger partial charge in [0.05, 0.1) is 23.9 Å². The summed E-state index contributed by atoms with van der Waals surface area (Å²) in [5.41, 5.74) is 4.51. The number of carbonyl (C=O) groups is 1. The lowest BCUT2D eigenvalue weighted by atomic mass is 10.1. The number of aryl methyl sites for hydroxylation is 1. The highest BCUT2D eigenvalue weighted by Gasteiger charge is 2.27. The van der Waals surface area contributed by atoms with Gasteiger partial charge in [0.1, 0.15) is 12.3 Å². The van der Waals surface area contributed by atoms with E-state index in [9.17, 15) is 13.2 Å². The summed E-state index contributed by atoms with van der Waals surface area (Å²) in [6.07, 6.45) is 2.26. The average molecular weight is 530 g/mol. The third-order valence-electron chi connectivity index (χ3n) is 4.84. The molecule has 0 spiro atoms. The molecule has 7 nitrogen and oxygen atoms in total. The summed E-state index contributed by atoms with van der Waals surface area (Å²) in [5, 5.41) is 3.97. The molecule has 1 N–H and O–H groups in total. The van der Waals surface area contributed by atoms with E-state index in [1.54, 1.807) is 42.5 Å². The van der Waals surface area contributed by atoms with Gasteiger partial charge < -0.3 is 4.74 Å². The van der Waals surface area contributed by atoms with E-state index < -0.39 is 22.5 Å². The van der Waals surface area contributed by atoms with Gasteiger partial charge in [0.15, 0.2) is 0 Å². The summed E-state index contributed by atoms with van der Waals surface area (Å²) in [7, 11) is -2.43. The molecule has 0 saturated carbocycles. The lowest BCUT2D eigenvalue weighted by Gasteiger charge is -2.24. The first-order valence-corrected chi connectivity index (χ1v) is 12.4. The number of methoxy groups -OCH3 is 1. The van der Waals surface area contributed by atoms with Crippen molar-refractivity contribution in [2.75, 3.05) is 18.0 Å². The van der Waals surface area contributed by atoms with Crippen molar-refractivity contribution in [1.82, 2.24) is 5.43 Å². The first kappa shape index (κ1) is 24.5. The fraction of sp³-hybridized carbons (Fsp3) is 0.167. The Morgan fingerprint density at radius 2 is 1.79 bits per heavy atom. The molecule has 0 unspecified atom stereocenters. The Hall–Kier alpha value is -3.17. The van der Waals surface area contributed by atoms with Crippen LogP contribution in [0.4, 0.5) is 5.69 Å². The number of rotatable bonds is 9. The van der Waals surface area contributed by atoms with Gasteiger partial charge in [0.25, 0.3) is 15.9 Å². The summed E-state index contributed by atoms with van der Waals surface area (Å²) < 4.78 is 33.8. The number of sulfonamides is 1. The molecule has 9 heteroatoms. The van der Waals surface area contributed by atoms with Crippen molar-refractivity contribution in [3.63, 3.8) is 0 Å². The van der Waals surface area contributed by atoms with Crippen LogP contribution in [0, 0.1) is 0 Å². The highest BCUT2D eigenvalue weighted by atomic mass is 79.9. The van der Waals surface area contributed by atoms with Crippen molar-refractivity contribution in [3.05, 3.63) is 88.4 Å². The number of hydrogen-bond acceptors (Lipinski definition) is 5. The molecule has 0 fully saturated rings. The van der Waals surface area contributed by atoms with Gasteiger partial charge >= 0.3 is 0 Å². The van der Waals surface area contributed by atoms with Gasteiger partial charge in [0, 0.05) is 10.0 Å². The molecule has 0 aliphatic rings. The van der Waals surface area contributed by atoms with E-state index in [0.717, 1.165) is 20.8 Å². The number of hydrogen-bond donors (Lipinski definition) is 1. The molecule has 0 heterocycles. The Kier molecular flexibility index (Phi) is 8.24. The van der Waals surface area contributed by atoms with Gasteiger partial charge in [-0.2, -0.15) is 5.10 Å². The maximum absolute atomic E-state index is 13.3. The van der Waals surface area contributed by atoms with E-state index in [2.05, 4.69) is 26.5 Å². The predicted molar refractivity (Wildman–Crippen MR) is 133 cm³/mol. The lowest BCUT2D eigenvalue weighted by Crippen LogP contribution is -2.39. The fourth-order valence-electron chi connectivity index (χ4n) is 3.08. The number of benzene rings is 3. The average Bonchev–Trinajstić information content (AvgIpc) is 2.83. The summed E-state index contributed by atoms with van der Waals surface area (Å²) in [5.74, 6) is -0.000201.